The van der Waals surface area contributed by atoms with E-state index in [0.717, 1.165) is 30.8 Å². The summed E-state index contributed by atoms with van der Waals surface area (Å²) in [7, 11) is 3.10. The van der Waals surface area contributed by atoms with Crippen LogP contribution >= 0.6 is 0 Å². The van der Waals surface area contributed by atoms with Gasteiger partial charge in [0.2, 0.25) is 17.8 Å². The van der Waals surface area contributed by atoms with Gasteiger partial charge in [0, 0.05) is 51.1 Å². The summed E-state index contributed by atoms with van der Waals surface area (Å²) < 4.78 is 15.7. The van der Waals surface area contributed by atoms with E-state index < -0.39 is 17.7 Å². The van der Waals surface area contributed by atoms with E-state index in [1.54, 1.807) is 19.4 Å². The lowest BCUT2D eigenvalue weighted by Gasteiger charge is -2.28. The molecule has 1 aliphatic rings. The number of rotatable bonds is 14. The van der Waals surface area contributed by atoms with E-state index in [9.17, 15) is 9.59 Å². The van der Waals surface area contributed by atoms with Gasteiger partial charge < -0.3 is 35.5 Å². The fraction of sp³-hybridized carbons (Fsp3) is 0.545. The first-order valence-corrected chi connectivity index (χ1v) is 15.7. The van der Waals surface area contributed by atoms with Crippen LogP contribution in [0.5, 0.6) is 0 Å². The van der Waals surface area contributed by atoms with Crippen LogP contribution in [-0.2, 0) is 19.0 Å². The van der Waals surface area contributed by atoms with Crippen molar-refractivity contribution in [3.63, 3.8) is 0 Å². The van der Waals surface area contributed by atoms with Crippen LogP contribution in [0.25, 0.3) is 0 Å². The summed E-state index contributed by atoms with van der Waals surface area (Å²) in [5.74, 6) is 7.23. The highest BCUT2D eigenvalue weighted by Crippen LogP contribution is 2.25. The first-order valence-electron chi connectivity index (χ1n) is 15.7. The Labute approximate surface area is 272 Å². The third-order valence-electron chi connectivity index (χ3n) is 6.86. The van der Waals surface area contributed by atoms with Crippen LogP contribution < -0.4 is 21.3 Å². The number of benzene rings is 1. The zero-order valence-electron chi connectivity index (χ0n) is 27.8. The van der Waals surface area contributed by atoms with Gasteiger partial charge in [-0.25, -0.2) is 9.78 Å². The van der Waals surface area contributed by atoms with Crippen LogP contribution in [0, 0.1) is 17.3 Å². The van der Waals surface area contributed by atoms with E-state index in [4.69, 9.17) is 19.6 Å². The molecule has 1 fully saturated rings. The molecule has 0 aliphatic carbocycles. The molecular weight excluding hydrogens is 588 g/mol. The average molecular weight is 637 g/mol. The monoisotopic (exact) mass is 636 g/mol. The molecule has 0 unspecified atom stereocenters. The predicted octanol–water partition coefficient (Wildman–Crippen LogP) is 4.72. The number of methoxy groups -OCH3 is 2. The number of hydrogen-bond acceptors (Lipinski definition) is 11. The number of carbonyl (C=O) groups excluding carboxylic acids is 2. The van der Waals surface area contributed by atoms with Crippen molar-refractivity contribution < 1.29 is 23.8 Å². The van der Waals surface area contributed by atoms with Gasteiger partial charge >= 0.3 is 6.09 Å². The molecule has 1 aromatic carbocycles. The maximum atomic E-state index is 12.8. The number of anilines is 4. The molecule has 0 radical (unpaired) electrons. The van der Waals surface area contributed by atoms with Gasteiger partial charge in [-0.3, -0.25) is 15.1 Å². The largest absolute Gasteiger partial charge is 0.481 e. The van der Waals surface area contributed by atoms with Crippen LogP contribution in [0.4, 0.5) is 27.9 Å². The lowest BCUT2D eigenvalue weighted by Crippen LogP contribution is -2.47. The summed E-state index contributed by atoms with van der Waals surface area (Å²) in [4.78, 5) is 35.9. The smallest absolute Gasteiger partial charge is 0.410 e. The Morgan fingerprint density at radius 2 is 1.96 bits per heavy atom. The molecule has 5 N–H and O–H groups in total. The average Bonchev–Trinajstić information content (AvgIpc) is 3.52. The summed E-state index contributed by atoms with van der Waals surface area (Å²) in [5, 5.41) is 20.9. The van der Waals surface area contributed by atoms with Crippen molar-refractivity contribution in [2.45, 2.75) is 71.4 Å². The molecule has 1 atom stereocenters. The summed E-state index contributed by atoms with van der Waals surface area (Å²) in [6.45, 7) is 10.3. The first kappa shape index (κ1) is 35.9. The molecule has 1 saturated heterocycles. The van der Waals surface area contributed by atoms with Crippen molar-refractivity contribution in [2.75, 3.05) is 63.0 Å². The molecule has 0 spiro atoms. The highest BCUT2D eigenvalue weighted by atomic mass is 16.6. The SMILES string of the molecule is CCCNc1nc(Nc2ccc(C(=N)OC)c(NCCOC)c2)ncc1C#CCCCNC(=O)[C@@H]1CCCN1C(=O)OC(C)(C)C. The second kappa shape index (κ2) is 17.8. The van der Waals surface area contributed by atoms with Gasteiger partial charge in [-0.15, -0.1) is 0 Å². The van der Waals surface area contributed by atoms with Crippen LogP contribution in [0.1, 0.15) is 70.9 Å². The zero-order chi connectivity index (χ0) is 33.5. The van der Waals surface area contributed by atoms with E-state index >= 15 is 0 Å². The van der Waals surface area contributed by atoms with Gasteiger partial charge in [-0.05, 0) is 64.7 Å². The van der Waals surface area contributed by atoms with Crippen molar-refractivity contribution in [1.29, 1.82) is 5.41 Å². The van der Waals surface area contributed by atoms with Crippen molar-refractivity contribution in [1.82, 2.24) is 20.2 Å². The quantitative estimate of drug-likeness (QED) is 0.0849. The Hall–Kier alpha value is -4.57. The van der Waals surface area contributed by atoms with E-state index in [0.29, 0.717) is 68.4 Å². The van der Waals surface area contributed by atoms with E-state index in [1.807, 2.05) is 32.9 Å². The molecule has 2 aromatic rings. The molecule has 250 valence electrons. The van der Waals surface area contributed by atoms with E-state index in [1.165, 1.54) is 12.0 Å². The van der Waals surface area contributed by atoms with E-state index in [-0.39, 0.29) is 11.8 Å². The third-order valence-corrected chi connectivity index (χ3v) is 6.86. The predicted molar refractivity (Wildman–Crippen MR) is 180 cm³/mol. The number of ether oxygens (including phenoxy) is 3. The molecular formula is C33H48N8O5. The number of likely N-dealkylation sites (tertiary alicyclic amines) is 1. The van der Waals surface area contributed by atoms with Gasteiger partial charge in [-0.2, -0.15) is 4.98 Å². The number of nitrogens with zero attached hydrogens (tertiary/aromatic N) is 3. The molecule has 13 heteroatoms. The van der Waals surface area contributed by atoms with Crippen molar-refractivity contribution >= 4 is 41.0 Å². The molecule has 3 rings (SSSR count). The van der Waals surface area contributed by atoms with Gasteiger partial charge in [0.05, 0.1) is 31.0 Å². The minimum Gasteiger partial charge on any atom is -0.481 e. The number of hydrogen-bond donors (Lipinski definition) is 5. The number of unbranched alkanes of at least 4 members (excludes halogenated alkanes) is 1. The maximum absolute atomic E-state index is 12.8. The second-order valence-corrected chi connectivity index (χ2v) is 11.7. The molecule has 2 amide bonds. The summed E-state index contributed by atoms with van der Waals surface area (Å²) in [6.07, 6.45) is 4.76. The molecule has 13 nitrogen and oxygen atoms in total. The Balaban J connectivity index is 1.60. The Morgan fingerprint density at radius 3 is 2.67 bits per heavy atom. The fourth-order valence-corrected chi connectivity index (χ4v) is 4.65. The van der Waals surface area contributed by atoms with Crippen LogP contribution in [-0.4, -0.2) is 91.4 Å². The minimum absolute atomic E-state index is 0.0535. The standard InChI is InChI=1S/C33H48N8O5/c1-7-16-36-29-23(12-9-8-10-17-37-30(42)27-13-11-19-41(27)32(43)46-33(2,3)4)22-38-31(40-29)39-24-14-15-25(28(34)45-6)26(21-24)35-18-20-44-5/h14-15,21-22,27,34-35H,7-8,10-11,13,16-20H2,1-6H3,(H,37,42)(H2,36,38,39,40)/t27-/m0/s1. The van der Waals surface area contributed by atoms with Gasteiger partial charge in [0.15, 0.2) is 0 Å². The molecule has 0 saturated carbocycles. The molecule has 46 heavy (non-hydrogen) atoms. The minimum atomic E-state index is -0.609. The number of nitrogens with one attached hydrogen (secondary N) is 5. The summed E-state index contributed by atoms with van der Waals surface area (Å²) >= 11 is 0. The summed E-state index contributed by atoms with van der Waals surface area (Å²) in [6, 6.07) is 5.00. The fourth-order valence-electron chi connectivity index (χ4n) is 4.65. The van der Waals surface area contributed by atoms with Crippen molar-refractivity contribution in [2.24, 2.45) is 0 Å². The van der Waals surface area contributed by atoms with Crippen LogP contribution in [0.2, 0.25) is 0 Å². The van der Waals surface area contributed by atoms with Crippen LogP contribution in [0.3, 0.4) is 0 Å². The molecule has 1 aliphatic heterocycles. The lowest BCUT2D eigenvalue weighted by molar-refractivity contribution is -0.125. The Kier molecular flexibility index (Phi) is 13.9. The Bertz CT molecular complexity index is 1400. The number of amides is 2. The highest BCUT2D eigenvalue weighted by molar-refractivity contribution is 5.98. The molecule has 0 bridgehead atoms. The second-order valence-electron chi connectivity index (χ2n) is 11.7. The maximum Gasteiger partial charge on any atom is 0.410 e. The number of aromatic nitrogens is 2. The van der Waals surface area contributed by atoms with E-state index in [2.05, 4.69) is 50.0 Å². The molecule has 1 aromatic heterocycles. The summed E-state index contributed by atoms with van der Waals surface area (Å²) in [5.41, 5.74) is 2.15. The highest BCUT2D eigenvalue weighted by Gasteiger charge is 2.36. The Morgan fingerprint density at radius 1 is 1.15 bits per heavy atom. The lowest BCUT2D eigenvalue weighted by atomic mass is 10.1. The van der Waals surface area contributed by atoms with Gasteiger partial charge in [-0.1, -0.05) is 18.8 Å². The number of carbonyl (C=O) groups is 2. The van der Waals surface area contributed by atoms with Crippen molar-refractivity contribution in [3.05, 3.63) is 35.5 Å². The van der Waals surface area contributed by atoms with Crippen molar-refractivity contribution in [3.8, 4) is 11.8 Å². The normalized spacial score (nSPS) is 14.1. The first-order chi connectivity index (χ1) is 22.1. The zero-order valence-corrected chi connectivity index (χ0v) is 27.8. The molecule has 2 heterocycles. The third kappa shape index (κ3) is 11.1. The topological polar surface area (TPSA) is 163 Å². The van der Waals surface area contributed by atoms with Crippen LogP contribution in [0.15, 0.2) is 24.4 Å². The van der Waals surface area contributed by atoms with Gasteiger partial charge in [0.25, 0.3) is 0 Å². The van der Waals surface area contributed by atoms with Gasteiger partial charge in [0.1, 0.15) is 17.5 Å².